The Morgan fingerprint density at radius 3 is 2.79 bits per heavy atom. The molecule has 0 saturated heterocycles. The van der Waals surface area contributed by atoms with Crippen LogP contribution in [0.3, 0.4) is 0 Å². The second kappa shape index (κ2) is 6.33. The van der Waals surface area contributed by atoms with Gasteiger partial charge in [0.05, 0.1) is 12.1 Å². The fraction of sp³-hybridized carbons (Fsp3) is 0.429. The van der Waals surface area contributed by atoms with Crippen molar-refractivity contribution in [2.24, 2.45) is 0 Å². The van der Waals surface area contributed by atoms with Gasteiger partial charge in [0.25, 0.3) is 0 Å². The Hall–Kier alpha value is -1.88. The summed E-state index contributed by atoms with van der Waals surface area (Å²) in [6.07, 6.45) is 2.96. The molecular weight excluding hydrogens is 244 g/mol. The van der Waals surface area contributed by atoms with E-state index in [-0.39, 0.29) is 11.5 Å². The standard InChI is InChI=1S/C14H18N2O3/c17-13(9-16-12-4-5-12)15-7-6-10-2-1-3-11(8-10)14(18)19/h1-3,8,12,16H,4-7,9H2,(H,15,17)(H,18,19). The SMILES string of the molecule is O=C(CNC1CC1)NCCc1cccc(C(=O)O)c1. The normalized spacial score (nSPS) is 14.1. The highest BCUT2D eigenvalue weighted by Crippen LogP contribution is 2.17. The van der Waals surface area contributed by atoms with Gasteiger partial charge in [-0.2, -0.15) is 0 Å². The van der Waals surface area contributed by atoms with Crippen LogP contribution in [0.25, 0.3) is 0 Å². The summed E-state index contributed by atoms with van der Waals surface area (Å²) in [6.45, 7) is 0.883. The molecule has 1 aliphatic rings. The highest BCUT2D eigenvalue weighted by molar-refractivity contribution is 5.87. The van der Waals surface area contributed by atoms with Crippen LogP contribution in [0.2, 0.25) is 0 Å². The van der Waals surface area contributed by atoms with Gasteiger partial charge in [-0.3, -0.25) is 4.79 Å². The predicted molar refractivity (Wildman–Crippen MR) is 71.1 cm³/mol. The van der Waals surface area contributed by atoms with Crippen LogP contribution in [0.15, 0.2) is 24.3 Å². The van der Waals surface area contributed by atoms with Crippen LogP contribution in [0.4, 0.5) is 0 Å². The van der Waals surface area contributed by atoms with Crippen molar-refractivity contribution >= 4 is 11.9 Å². The van der Waals surface area contributed by atoms with Gasteiger partial charge in [-0.1, -0.05) is 12.1 Å². The number of hydrogen-bond donors (Lipinski definition) is 3. The summed E-state index contributed by atoms with van der Waals surface area (Å²) in [5, 5.41) is 14.8. The van der Waals surface area contributed by atoms with Crippen molar-refractivity contribution in [2.45, 2.75) is 25.3 Å². The third-order valence-electron chi connectivity index (χ3n) is 3.04. The van der Waals surface area contributed by atoms with E-state index in [9.17, 15) is 9.59 Å². The lowest BCUT2D eigenvalue weighted by molar-refractivity contribution is -0.120. The minimum atomic E-state index is -0.931. The number of amides is 1. The summed E-state index contributed by atoms with van der Waals surface area (Å²) < 4.78 is 0. The average molecular weight is 262 g/mol. The highest BCUT2D eigenvalue weighted by Gasteiger charge is 2.20. The predicted octanol–water partition coefficient (Wildman–Crippen LogP) is 0.795. The van der Waals surface area contributed by atoms with E-state index in [0.717, 1.165) is 18.4 Å². The minimum absolute atomic E-state index is 0.0127. The van der Waals surface area contributed by atoms with E-state index in [0.29, 0.717) is 25.6 Å². The fourth-order valence-electron chi connectivity index (χ4n) is 1.79. The van der Waals surface area contributed by atoms with E-state index < -0.39 is 5.97 Å². The molecule has 19 heavy (non-hydrogen) atoms. The summed E-state index contributed by atoms with van der Waals surface area (Å²) in [6, 6.07) is 7.30. The van der Waals surface area contributed by atoms with Gasteiger partial charge in [0.1, 0.15) is 0 Å². The second-order valence-electron chi connectivity index (χ2n) is 4.76. The lowest BCUT2D eigenvalue weighted by Gasteiger charge is -2.06. The van der Waals surface area contributed by atoms with Crippen LogP contribution in [-0.4, -0.2) is 36.1 Å². The van der Waals surface area contributed by atoms with Crippen molar-refractivity contribution in [2.75, 3.05) is 13.1 Å². The Kier molecular flexibility index (Phi) is 4.52. The molecule has 0 aliphatic heterocycles. The maximum Gasteiger partial charge on any atom is 0.335 e. The molecule has 3 N–H and O–H groups in total. The van der Waals surface area contributed by atoms with Crippen molar-refractivity contribution in [3.63, 3.8) is 0 Å². The molecule has 1 fully saturated rings. The molecular formula is C14H18N2O3. The molecule has 0 aromatic heterocycles. The number of hydrogen-bond acceptors (Lipinski definition) is 3. The molecule has 0 atom stereocenters. The molecule has 5 heteroatoms. The van der Waals surface area contributed by atoms with E-state index >= 15 is 0 Å². The van der Waals surface area contributed by atoms with Crippen molar-refractivity contribution in [3.8, 4) is 0 Å². The topological polar surface area (TPSA) is 78.4 Å². The molecule has 1 aromatic carbocycles. The quantitative estimate of drug-likeness (QED) is 0.679. The molecule has 0 unspecified atom stereocenters. The van der Waals surface area contributed by atoms with E-state index in [2.05, 4.69) is 10.6 Å². The van der Waals surface area contributed by atoms with Crippen LogP contribution < -0.4 is 10.6 Å². The Balaban J connectivity index is 1.70. The minimum Gasteiger partial charge on any atom is -0.478 e. The summed E-state index contributed by atoms with van der Waals surface area (Å²) in [5.41, 5.74) is 1.19. The Morgan fingerprint density at radius 1 is 1.32 bits per heavy atom. The number of carboxylic acid groups (broad SMARTS) is 1. The molecule has 5 nitrogen and oxygen atoms in total. The van der Waals surface area contributed by atoms with E-state index in [1.807, 2.05) is 6.07 Å². The highest BCUT2D eigenvalue weighted by atomic mass is 16.4. The van der Waals surface area contributed by atoms with Crippen molar-refractivity contribution in [1.82, 2.24) is 10.6 Å². The number of carbonyl (C=O) groups is 2. The zero-order valence-corrected chi connectivity index (χ0v) is 10.7. The zero-order valence-electron chi connectivity index (χ0n) is 10.7. The van der Waals surface area contributed by atoms with Crippen LogP contribution in [0.5, 0.6) is 0 Å². The zero-order chi connectivity index (χ0) is 13.7. The third kappa shape index (κ3) is 4.71. The van der Waals surface area contributed by atoms with Gasteiger partial charge in [0.2, 0.25) is 5.91 Å². The van der Waals surface area contributed by atoms with Gasteiger partial charge in [-0.15, -0.1) is 0 Å². The van der Waals surface area contributed by atoms with Crippen LogP contribution in [-0.2, 0) is 11.2 Å². The third-order valence-corrected chi connectivity index (χ3v) is 3.04. The molecule has 1 aliphatic carbocycles. The molecule has 0 spiro atoms. The molecule has 2 rings (SSSR count). The Labute approximate surface area is 112 Å². The number of aromatic carboxylic acids is 1. The summed E-state index contributed by atoms with van der Waals surface area (Å²) >= 11 is 0. The van der Waals surface area contributed by atoms with Crippen LogP contribution >= 0.6 is 0 Å². The molecule has 1 aromatic rings. The number of carbonyl (C=O) groups excluding carboxylic acids is 1. The Morgan fingerprint density at radius 2 is 2.11 bits per heavy atom. The average Bonchev–Trinajstić information content (AvgIpc) is 3.21. The number of carboxylic acids is 1. The molecule has 0 radical (unpaired) electrons. The number of benzene rings is 1. The first-order valence-corrected chi connectivity index (χ1v) is 6.47. The van der Waals surface area contributed by atoms with Gasteiger partial charge >= 0.3 is 5.97 Å². The lowest BCUT2D eigenvalue weighted by Crippen LogP contribution is -2.35. The smallest absolute Gasteiger partial charge is 0.335 e. The largest absolute Gasteiger partial charge is 0.478 e. The molecule has 102 valence electrons. The van der Waals surface area contributed by atoms with Crippen LogP contribution in [0, 0.1) is 0 Å². The van der Waals surface area contributed by atoms with E-state index in [1.165, 1.54) is 0 Å². The van der Waals surface area contributed by atoms with Gasteiger partial charge in [0, 0.05) is 12.6 Å². The first-order chi connectivity index (χ1) is 9.15. The molecule has 1 saturated carbocycles. The van der Waals surface area contributed by atoms with Gasteiger partial charge in [-0.05, 0) is 37.0 Å². The monoisotopic (exact) mass is 262 g/mol. The molecule has 0 bridgehead atoms. The maximum absolute atomic E-state index is 11.5. The van der Waals surface area contributed by atoms with Gasteiger partial charge in [-0.25, -0.2) is 4.79 Å². The van der Waals surface area contributed by atoms with Crippen molar-refractivity contribution in [3.05, 3.63) is 35.4 Å². The number of nitrogens with one attached hydrogen (secondary N) is 2. The van der Waals surface area contributed by atoms with Crippen molar-refractivity contribution < 1.29 is 14.7 Å². The summed E-state index contributed by atoms with van der Waals surface area (Å²) in [5.74, 6) is -0.944. The van der Waals surface area contributed by atoms with Gasteiger partial charge in [0.15, 0.2) is 0 Å². The Bertz CT molecular complexity index is 470. The first-order valence-electron chi connectivity index (χ1n) is 6.47. The van der Waals surface area contributed by atoms with E-state index in [4.69, 9.17) is 5.11 Å². The lowest BCUT2D eigenvalue weighted by atomic mass is 10.1. The summed E-state index contributed by atoms with van der Waals surface area (Å²) in [7, 11) is 0. The first kappa shape index (κ1) is 13.5. The second-order valence-corrected chi connectivity index (χ2v) is 4.76. The summed E-state index contributed by atoms with van der Waals surface area (Å²) in [4.78, 5) is 22.3. The van der Waals surface area contributed by atoms with Crippen molar-refractivity contribution in [1.29, 1.82) is 0 Å². The maximum atomic E-state index is 11.5. The van der Waals surface area contributed by atoms with E-state index in [1.54, 1.807) is 18.2 Å². The fourth-order valence-corrected chi connectivity index (χ4v) is 1.79. The van der Waals surface area contributed by atoms with Crippen LogP contribution in [0.1, 0.15) is 28.8 Å². The molecule has 1 amide bonds. The van der Waals surface area contributed by atoms with Gasteiger partial charge < -0.3 is 15.7 Å². The number of rotatable bonds is 7. The molecule has 0 heterocycles.